The highest BCUT2D eigenvalue weighted by molar-refractivity contribution is 9.10. The number of aromatic hydroxyl groups is 1. The maximum absolute atomic E-state index is 13.5. The molecule has 0 saturated heterocycles. The van der Waals surface area contributed by atoms with E-state index in [0.29, 0.717) is 5.82 Å². The van der Waals surface area contributed by atoms with Crippen LogP contribution in [-0.2, 0) is 0 Å². The number of phenolic OH excluding ortho intramolecular Hbond substituents is 1. The minimum atomic E-state index is -0.785. The van der Waals surface area contributed by atoms with Crippen LogP contribution in [0.3, 0.4) is 0 Å². The Kier molecular flexibility index (Phi) is 3.80. The molecule has 2 N–H and O–H groups in total. The van der Waals surface area contributed by atoms with E-state index >= 15 is 0 Å². The number of rotatable bonds is 2. The van der Waals surface area contributed by atoms with Gasteiger partial charge in [0.2, 0.25) is 0 Å². The zero-order valence-electron chi connectivity index (χ0n) is 9.95. The lowest BCUT2D eigenvalue weighted by Crippen LogP contribution is -2.15. The lowest BCUT2D eigenvalue weighted by atomic mass is 10.1. The summed E-state index contributed by atoms with van der Waals surface area (Å²) in [6.07, 6.45) is 1.52. The Morgan fingerprint density at radius 1 is 1.47 bits per heavy atom. The SMILES string of the molecule is Cc1cc(Br)cnc1NC(=O)c1c(O)cccc1F. The van der Waals surface area contributed by atoms with E-state index in [1.165, 1.54) is 18.3 Å². The summed E-state index contributed by atoms with van der Waals surface area (Å²) in [5, 5.41) is 12.0. The molecule has 0 aliphatic rings. The average molecular weight is 325 g/mol. The van der Waals surface area contributed by atoms with E-state index in [1.54, 1.807) is 13.0 Å². The van der Waals surface area contributed by atoms with Crippen LogP contribution in [0.5, 0.6) is 5.75 Å². The second kappa shape index (κ2) is 5.36. The van der Waals surface area contributed by atoms with E-state index in [0.717, 1.165) is 16.1 Å². The van der Waals surface area contributed by atoms with Crippen molar-refractivity contribution in [3.63, 3.8) is 0 Å². The third-order valence-corrected chi connectivity index (χ3v) is 2.93. The number of nitrogens with one attached hydrogen (secondary N) is 1. The van der Waals surface area contributed by atoms with Crippen molar-refractivity contribution in [2.75, 3.05) is 5.32 Å². The highest BCUT2D eigenvalue weighted by Crippen LogP contribution is 2.22. The quantitative estimate of drug-likeness (QED) is 0.891. The molecule has 0 radical (unpaired) electrons. The summed E-state index contributed by atoms with van der Waals surface area (Å²) in [6, 6.07) is 5.45. The van der Waals surface area contributed by atoms with Crippen LogP contribution in [0.1, 0.15) is 15.9 Å². The molecule has 1 heterocycles. The number of phenols is 1. The number of carbonyl (C=O) groups is 1. The number of halogens is 2. The summed E-state index contributed by atoms with van der Waals surface area (Å²) in [5.74, 6) is -1.62. The molecule has 0 spiro atoms. The highest BCUT2D eigenvalue weighted by Gasteiger charge is 2.17. The van der Waals surface area contributed by atoms with Crippen LogP contribution in [0.4, 0.5) is 10.2 Å². The molecule has 0 saturated carbocycles. The first kappa shape index (κ1) is 13.5. The molecule has 19 heavy (non-hydrogen) atoms. The number of aryl methyl sites for hydroxylation is 1. The lowest BCUT2D eigenvalue weighted by molar-refractivity contribution is 0.102. The number of anilines is 1. The number of amides is 1. The van der Waals surface area contributed by atoms with E-state index in [-0.39, 0.29) is 0 Å². The Labute approximate surface area is 117 Å². The molecule has 1 amide bonds. The van der Waals surface area contributed by atoms with Crippen LogP contribution in [0.2, 0.25) is 0 Å². The molecule has 98 valence electrons. The lowest BCUT2D eigenvalue weighted by Gasteiger charge is -2.09. The van der Waals surface area contributed by atoms with Crippen molar-refractivity contribution in [3.8, 4) is 5.75 Å². The minimum Gasteiger partial charge on any atom is -0.507 e. The molecule has 0 unspecified atom stereocenters. The third kappa shape index (κ3) is 2.90. The van der Waals surface area contributed by atoms with Gasteiger partial charge in [-0.1, -0.05) is 6.07 Å². The van der Waals surface area contributed by atoms with Crippen molar-refractivity contribution in [2.45, 2.75) is 6.92 Å². The molecule has 6 heteroatoms. The van der Waals surface area contributed by atoms with Crippen LogP contribution in [-0.4, -0.2) is 16.0 Å². The Balaban J connectivity index is 2.31. The fraction of sp³-hybridized carbons (Fsp3) is 0.0769. The van der Waals surface area contributed by atoms with Crippen molar-refractivity contribution < 1.29 is 14.3 Å². The Morgan fingerprint density at radius 3 is 2.84 bits per heavy atom. The molecular formula is C13H10BrFN2O2. The zero-order chi connectivity index (χ0) is 14.0. The van der Waals surface area contributed by atoms with Crippen LogP contribution in [0.25, 0.3) is 0 Å². The number of hydrogen-bond acceptors (Lipinski definition) is 3. The van der Waals surface area contributed by atoms with E-state index in [2.05, 4.69) is 26.2 Å². The Bertz CT molecular complexity index is 626. The van der Waals surface area contributed by atoms with Crippen LogP contribution >= 0.6 is 15.9 Å². The zero-order valence-corrected chi connectivity index (χ0v) is 11.5. The summed E-state index contributed by atoms with van der Waals surface area (Å²) in [6.45, 7) is 1.76. The van der Waals surface area contributed by atoms with Crippen LogP contribution in [0, 0.1) is 12.7 Å². The molecule has 0 bridgehead atoms. The van der Waals surface area contributed by atoms with E-state index in [1.807, 2.05) is 0 Å². The summed E-state index contributed by atoms with van der Waals surface area (Å²) in [5.41, 5.74) is 0.324. The number of nitrogens with zero attached hydrogens (tertiary/aromatic N) is 1. The molecule has 0 aliphatic heterocycles. The fourth-order valence-electron chi connectivity index (χ4n) is 1.58. The molecule has 2 aromatic rings. The second-order valence-corrected chi connectivity index (χ2v) is 4.82. The van der Waals surface area contributed by atoms with Gasteiger partial charge in [0, 0.05) is 10.7 Å². The van der Waals surface area contributed by atoms with Crippen molar-refractivity contribution in [1.29, 1.82) is 0 Å². The van der Waals surface area contributed by atoms with Gasteiger partial charge >= 0.3 is 0 Å². The van der Waals surface area contributed by atoms with Gasteiger partial charge in [0.15, 0.2) is 0 Å². The van der Waals surface area contributed by atoms with Gasteiger partial charge in [-0.15, -0.1) is 0 Å². The average Bonchev–Trinajstić information content (AvgIpc) is 2.32. The monoisotopic (exact) mass is 324 g/mol. The second-order valence-electron chi connectivity index (χ2n) is 3.91. The van der Waals surface area contributed by atoms with Gasteiger partial charge in [0.05, 0.1) is 0 Å². The van der Waals surface area contributed by atoms with E-state index < -0.39 is 23.0 Å². The molecule has 2 rings (SSSR count). The normalized spacial score (nSPS) is 10.3. The number of hydrogen-bond donors (Lipinski definition) is 2. The first-order valence-corrected chi connectivity index (χ1v) is 6.19. The van der Waals surface area contributed by atoms with Crippen molar-refractivity contribution in [3.05, 3.63) is 51.9 Å². The molecule has 4 nitrogen and oxygen atoms in total. The maximum Gasteiger partial charge on any atom is 0.263 e. The number of aromatic nitrogens is 1. The van der Waals surface area contributed by atoms with Gasteiger partial charge in [0.1, 0.15) is 22.9 Å². The van der Waals surface area contributed by atoms with Crippen molar-refractivity contribution in [2.24, 2.45) is 0 Å². The van der Waals surface area contributed by atoms with Gasteiger partial charge < -0.3 is 10.4 Å². The topological polar surface area (TPSA) is 62.2 Å². The van der Waals surface area contributed by atoms with E-state index in [9.17, 15) is 14.3 Å². The standard InChI is InChI=1S/C13H10BrFN2O2/c1-7-5-8(14)6-16-12(7)17-13(19)11-9(15)3-2-4-10(11)18/h2-6,18H,1H3,(H,16,17,19). The predicted molar refractivity (Wildman–Crippen MR) is 72.7 cm³/mol. The molecular weight excluding hydrogens is 315 g/mol. The summed E-state index contributed by atoms with van der Waals surface area (Å²) in [7, 11) is 0. The van der Waals surface area contributed by atoms with Gasteiger partial charge in [-0.05, 0) is 46.6 Å². The molecule has 0 atom stereocenters. The van der Waals surface area contributed by atoms with Gasteiger partial charge in [0.25, 0.3) is 5.91 Å². The maximum atomic E-state index is 13.5. The first-order valence-electron chi connectivity index (χ1n) is 5.40. The first-order chi connectivity index (χ1) is 8.99. The summed E-state index contributed by atoms with van der Waals surface area (Å²) in [4.78, 5) is 15.9. The minimum absolute atomic E-state index is 0.316. The molecule has 0 fully saturated rings. The largest absolute Gasteiger partial charge is 0.507 e. The van der Waals surface area contributed by atoms with Crippen molar-refractivity contribution >= 4 is 27.7 Å². The third-order valence-electron chi connectivity index (χ3n) is 2.50. The molecule has 1 aromatic carbocycles. The van der Waals surface area contributed by atoms with Gasteiger partial charge in [-0.2, -0.15) is 0 Å². The predicted octanol–water partition coefficient (Wildman–Crippen LogP) is 3.25. The highest BCUT2D eigenvalue weighted by atomic mass is 79.9. The summed E-state index contributed by atoms with van der Waals surface area (Å²) < 4.78 is 14.3. The molecule has 1 aromatic heterocycles. The number of carbonyl (C=O) groups excluding carboxylic acids is 1. The smallest absolute Gasteiger partial charge is 0.263 e. The number of pyridine rings is 1. The van der Waals surface area contributed by atoms with Gasteiger partial charge in [-0.25, -0.2) is 9.37 Å². The fourth-order valence-corrected chi connectivity index (χ4v) is 2.02. The summed E-state index contributed by atoms with van der Waals surface area (Å²) >= 11 is 3.26. The Hall–Kier alpha value is -1.95. The van der Waals surface area contributed by atoms with E-state index in [4.69, 9.17) is 0 Å². The van der Waals surface area contributed by atoms with Crippen molar-refractivity contribution in [1.82, 2.24) is 4.98 Å². The van der Waals surface area contributed by atoms with Crippen LogP contribution in [0.15, 0.2) is 34.9 Å². The van der Waals surface area contributed by atoms with Crippen LogP contribution < -0.4 is 5.32 Å². The van der Waals surface area contributed by atoms with Gasteiger partial charge in [-0.3, -0.25) is 4.79 Å². The number of benzene rings is 1. The molecule has 0 aliphatic carbocycles. The Morgan fingerprint density at radius 2 is 2.21 bits per heavy atom.